The van der Waals surface area contributed by atoms with E-state index >= 15 is 0 Å². The maximum atomic E-state index is 12.9. The molecule has 1 aliphatic rings. The largest absolute Gasteiger partial charge is 0.444 e. The van der Waals surface area contributed by atoms with Gasteiger partial charge in [0, 0.05) is 41.8 Å². The van der Waals surface area contributed by atoms with Crippen molar-refractivity contribution in [3.8, 4) is 0 Å². The van der Waals surface area contributed by atoms with Gasteiger partial charge in [-0.05, 0) is 26.3 Å². The van der Waals surface area contributed by atoms with Crippen LogP contribution in [0.1, 0.15) is 26.3 Å². The third-order valence-corrected chi connectivity index (χ3v) is 5.04. The van der Waals surface area contributed by atoms with Gasteiger partial charge in [-0.1, -0.05) is 30.3 Å². The van der Waals surface area contributed by atoms with Crippen LogP contribution in [0.15, 0.2) is 30.3 Å². The predicted octanol–water partition coefficient (Wildman–Crippen LogP) is 1.71. The van der Waals surface area contributed by atoms with E-state index in [4.69, 9.17) is 4.74 Å². The van der Waals surface area contributed by atoms with Gasteiger partial charge in [0.25, 0.3) is 0 Å². The molecule has 0 radical (unpaired) electrons. The number of carbonyl (C=O) groups excluding carboxylic acids is 2. The minimum absolute atomic E-state index is 0.161. The van der Waals surface area contributed by atoms with Crippen LogP contribution in [0.5, 0.6) is 0 Å². The van der Waals surface area contributed by atoms with Gasteiger partial charge < -0.3 is 15.0 Å². The number of alkyl carbamates (subject to hydrolysis) is 1. The van der Waals surface area contributed by atoms with Gasteiger partial charge in [0.05, 0.1) is 0 Å². The van der Waals surface area contributed by atoms with Crippen molar-refractivity contribution in [2.24, 2.45) is 0 Å². The molecule has 0 aliphatic carbocycles. The number of hydrogen-bond donors (Lipinski definition) is 1. The first-order valence-corrected chi connectivity index (χ1v) is 9.90. The molecule has 0 aromatic heterocycles. The molecule has 1 atom stereocenters. The Morgan fingerprint density at radius 3 is 2.36 bits per heavy atom. The summed E-state index contributed by atoms with van der Waals surface area (Å²) in [5, 5.41) is 2.70. The van der Waals surface area contributed by atoms with E-state index in [1.54, 1.807) is 25.7 Å². The van der Waals surface area contributed by atoms with Gasteiger partial charge in [0.15, 0.2) is 0 Å². The summed E-state index contributed by atoms with van der Waals surface area (Å²) < 4.78 is 16.8. The van der Waals surface area contributed by atoms with Gasteiger partial charge in [0.2, 0.25) is 5.91 Å². The molecule has 138 valence electrons. The molecule has 1 heterocycles. The zero-order chi connectivity index (χ0) is 18.4. The Hall–Kier alpha value is -1.89. The summed E-state index contributed by atoms with van der Waals surface area (Å²) in [7, 11) is -0.859. The average Bonchev–Trinajstić information content (AvgIpc) is 2.53. The topological polar surface area (TPSA) is 75.7 Å². The summed E-state index contributed by atoms with van der Waals surface area (Å²) in [5.41, 5.74) is 0.324. The molecular weight excluding hydrogens is 340 g/mol. The molecule has 2 rings (SSSR count). The lowest BCUT2D eigenvalue weighted by Gasteiger charge is -2.31. The molecule has 0 bridgehead atoms. The SMILES string of the molecule is CC(C)(C)OC(=O)N[C@@H](Cc1ccccc1)C(=O)N1CCS(=O)CC1. The second kappa shape index (κ2) is 8.47. The molecule has 1 fully saturated rings. The number of amides is 2. The molecular formula is C18H26N2O4S. The van der Waals surface area contributed by atoms with Gasteiger partial charge in [-0.25, -0.2) is 4.79 Å². The highest BCUT2D eigenvalue weighted by Gasteiger charge is 2.30. The lowest BCUT2D eigenvalue weighted by molar-refractivity contribution is -0.133. The third kappa shape index (κ3) is 6.49. The van der Waals surface area contributed by atoms with Gasteiger partial charge in [-0.3, -0.25) is 9.00 Å². The lowest BCUT2D eigenvalue weighted by Crippen LogP contribution is -2.53. The Morgan fingerprint density at radius 1 is 1.20 bits per heavy atom. The standard InChI is InChI=1S/C18H26N2O4S/c1-18(2,3)24-17(22)19-15(13-14-7-5-4-6-8-14)16(21)20-9-11-25(23)12-10-20/h4-8,15H,9-13H2,1-3H3,(H,19,22)/t15-/m0/s1. The molecule has 0 unspecified atom stereocenters. The maximum absolute atomic E-state index is 12.9. The first kappa shape index (κ1) is 19.4. The Morgan fingerprint density at radius 2 is 1.80 bits per heavy atom. The van der Waals surface area contributed by atoms with Crippen LogP contribution in [0.2, 0.25) is 0 Å². The second-order valence-electron chi connectivity index (χ2n) is 7.06. The summed E-state index contributed by atoms with van der Waals surface area (Å²) in [6, 6.07) is 8.83. The lowest BCUT2D eigenvalue weighted by atomic mass is 10.0. The average molecular weight is 366 g/mol. The molecule has 25 heavy (non-hydrogen) atoms. The quantitative estimate of drug-likeness (QED) is 0.880. The van der Waals surface area contributed by atoms with Gasteiger partial charge in [-0.15, -0.1) is 0 Å². The number of carbonyl (C=O) groups is 2. The molecule has 1 aromatic rings. The molecule has 0 saturated carbocycles. The molecule has 7 heteroatoms. The Balaban J connectivity index is 2.09. The fraction of sp³-hybridized carbons (Fsp3) is 0.556. The molecule has 1 aliphatic heterocycles. The third-order valence-electron chi connectivity index (χ3n) is 3.76. The van der Waals surface area contributed by atoms with Crippen molar-refractivity contribution in [2.45, 2.75) is 38.8 Å². The van der Waals surface area contributed by atoms with E-state index in [0.717, 1.165) is 5.56 Å². The van der Waals surface area contributed by atoms with E-state index in [2.05, 4.69) is 5.32 Å². The monoisotopic (exact) mass is 366 g/mol. The van der Waals surface area contributed by atoms with E-state index < -0.39 is 28.5 Å². The van der Waals surface area contributed by atoms with Crippen LogP contribution in [0, 0.1) is 0 Å². The number of ether oxygens (including phenoxy) is 1. The fourth-order valence-electron chi connectivity index (χ4n) is 2.58. The first-order chi connectivity index (χ1) is 11.7. The fourth-order valence-corrected chi connectivity index (χ4v) is 3.63. The van der Waals surface area contributed by atoms with Gasteiger partial charge in [-0.2, -0.15) is 0 Å². The number of nitrogens with zero attached hydrogens (tertiary/aromatic N) is 1. The summed E-state index contributed by atoms with van der Waals surface area (Å²) in [6.45, 7) is 6.24. The number of rotatable bonds is 4. The number of benzene rings is 1. The molecule has 1 N–H and O–H groups in total. The predicted molar refractivity (Wildman–Crippen MR) is 97.8 cm³/mol. The van der Waals surface area contributed by atoms with Crippen LogP contribution in [-0.2, 0) is 26.8 Å². The van der Waals surface area contributed by atoms with Gasteiger partial charge >= 0.3 is 6.09 Å². The minimum Gasteiger partial charge on any atom is -0.444 e. The molecule has 0 spiro atoms. The van der Waals surface area contributed by atoms with E-state index in [1.807, 2.05) is 30.3 Å². The van der Waals surface area contributed by atoms with E-state index in [9.17, 15) is 13.8 Å². The van der Waals surface area contributed by atoms with Gasteiger partial charge in [0.1, 0.15) is 11.6 Å². The van der Waals surface area contributed by atoms with Crippen molar-refractivity contribution in [3.05, 3.63) is 35.9 Å². The highest BCUT2D eigenvalue weighted by Crippen LogP contribution is 2.11. The molecule has 6 nitrogen and oxygen atoms in total. The summed E-state index contributed by atoms with van der Waals surface area (Å²) in [5.74, 6) is 0.804. The maximum Gasteiger partial charge on any atom is 0.408 e. The second-order valence-corrected chi connectivity index (χ2v) is 8.76. The summed E-state index contributed by atoms with van der Waals surface area (Å²) in [6.07, 6.45) is -0.222. The van der Waals surface area contributed by atoms with Crippen molar-refractivity contribution in [3.63, 3.8) is 0 Å². The zero-order valence-corrected chi connectivity index (χ0v) is 15.8. The van der Waals surface area contributed by atoms with Crippen molar-refractivity contribution in [2.75, 3.05) is 24.6 Å². The summed E-state index contributed by atoms with van der Waals surface area (Å²) in [4.78, 5) is 26.7. The normalized spacial score (nSPS) is 17.0. The summed E-state index contributed by atoms with van der Waals surface area (Å²) >= 11 is 0. The van der Waals surface area contributed by atoms with Crippen LogP contribution < -0.4 is 5.32 Å². The highest BCUT2D eigenvalue weighted by atomic mass is 32.2. The van der Waals surface area contributed by atoms with Crippen LogP contribution in [-0.4, -0.2) is 57.3 Å². The smallest absolute Gasteiger partial charge is 0.408 e. The van der Waals surface area contributed by atoms with E-state index in [1.165, 1.54) is 0 Å². The van der Waals surface area contributed by atoms with Crippen molar-refractivity contribution < 1.29 is 18.5 Å². The number of nitrogens with one attached hydrogen (secondary N) is 1. The Labute approximate surface area is 151 Å². The zero-order valence-electron chi connectivity index (χ0n) is 15.0. The molecule has 1 saturated heterocycles. The van der Waals surface area contributed by atoms with Crippen molar-refractivity contribution in [1.29, 1.82) is 0 Å². The van der Waals surface area contributed by atoms with Crippen LogP contribution in [0.25, 0.3) is 0 Å². The van der Waals surface area contributed by atoms with Crippen LogP contribution in [0.4, 0.5) is 4.79 Å². The van der Waals surface area contributed by atoms with Crippen molar-refractivity contribution in [1.82, 2.24) is 10.2 Å². The van der Waals surface area contributed by atoms with E-state index in [0.29, 0.717) is 31.0 Å². The Kier molecular flexibility index (Phi) is 6.58. The minimum atomic E-state index is -0.859. The Bertz CT molecular complexity index is 618. The first-order valence-electron chi connectivity index (χ1n) is 8.42. The van der Waals surface area contributed by atoms with E-state index in [-0.39, 0.29) is 5.91 Å². The number of hydrogen-bond acceptors (Lipinski definition) is 4. The van der Waals surface area contributed by atoms with Crippen LogP contribution >= 0.6 is 0 Å². The van der Waals surface area contributed by atoms with Crippen molar-refractivity contribution >= 4 is 22.8 Å². The highest BCUT2D eigenvalue weighted by molar-refractivity contribution is 7.85. The molecule has 1 aromatic carbocycles. The molecule has 2 amide bonds. The van der Waals surface area contributed by atoms with Crippen LogP contribution in [0.3, 0.4) is 0 Å².